The number of benzene rings is 3. The number of nitrogens with one attached hydrogen (secondary N) is 1. The van der Waals surface area contributed by atoms with Crippen LogP contribution in [0.5, 0.6) is 11.5 Å². The van der Waals surface area contributed by atoms with Crippen LogP contribution < -0.4 is 19.1 Å². The van der Waals surface area contributed by atoms with Gasteiger partial charge in [0.1, 0.15) is 19.8 Å². The summed E-state index contributed by atoms with van der Waals surface area (Å²) in [6.45, 7) is 3.95. The Bertz CT molecular complexity index is 1370. The molecule has 0 unspecified atom stereocenters. The topological polar surface area (TPSA) is 111 Å². The number of rotatable bonds is 8. The predicted octanol–water partition coefficient (Wildman–Crippen LogP) is 3.78. The molecule has 1 N–H and O–H groups in total. The van der Waals surface area contributed by atoms with Gasteiger partial charge in [-0.2, -0.15) is 0 Å². The summed E-state index contributed by atoms with van der Waals surface area (Å²) in [4.78, 5) is 25.1. The molecule has 36 heavy (non-hydrogen) atoms. The first-order valence-electron chi connectivity index (χ1n) is 11.3. The molecule has 0 fully saturated rings. The zero-order chi connectivity index (χ0) is 25.7. The highest BCUT2D eigenvalue weighted by Gasteiger charge is 2.28. The molecule has 3 aromatic rings. The second-order valence-electron chi connectivity index (χ2n) is 7.95. The van der Waals surface area contributed by atoms with E-state index in [2.05, 4.69) is 5.32 Å². The smallest absolute Gasteiger partial charge is 0.338 e. The van der Waals surface area contributed by atoms with Gasteiger partial charge < -0.3 is 19.5 Å². The summed E-state index contributed by atoms with van der Waals surface area (Å²) in [6.07, 6.45) is 0. The van der Waals surface area contributed by atoms with Crippen molar-refractivity contribution in [3.8, 4) is 11.5 Å². The molecule has 1 aliphatic rings. The number of hydrogen-bond acceptors (Lipinski definition) is 7. The number of aryl methyl sites for hydroxylation is 1. The van der Waals surface area contributed by atoms with E-state index in [4.69, 9.17) is 14.2 Å². The fourth-order valence-corrected chi connectivity index (χ4v) is 5.12. The van der Waals surface area contributed by atoms with Crippen LogP contribution in [0.4, 0.5) is 11.4 Å². The Morgan fingerprint density at radius 2 is 1.69 bits per heavy atom. The van der Waals surface area contributed by atoms with Crippen molar-refractivity contribution in [3.05, 3.63) is 77.9 Å². The minimum Gasteiger partial charge on any atom is -0.486 e. The van der Waals surface area contributed by atoms with E-state index in [0.29, 0.717) is 41.5 Å². The number of esters is 1. The summed E-state index contributed by atoms with van der Waals surface area (Å²) in [5, 5.41) is 2.74. The van der Waals surface area contributed by atoms with Crippen LogP contribution >= 0.6 is 0 Å². The van der Waals surface area contributed by atoms with Crippen molar-refractivity contribution in [2.24, 2.45) is 0 Å². The van der Waals surface area contributed by atoms with Crippen molar-refractivity contribution in [3.63, 3.8) is 0 Å². The first-order chi connectivity index (χ1) is 17.3. The minimum absolute atomic E-state index is 0.0441. The van der Waals surface area contributed by atoms with Gasteiger partial charge in [0.2, 0.25) is 5.91 Å². The van der Waals surface area contributed by atoms with Crippen LogP contribution in [0.25, 0.3) is 0 Å². The molecule has 3 aromatic carbocycles. The average Bonchev–Trinajstić information content (AvgIpc) is 2.88. The molecule has 10 heteroatoms. The molecule has 0 saturated heterocycles. The number of hydrogen-bond donors (Lipinski definition) is 1. The van der Waals surface area contributed by atoms with Gasteiger partial charge in [0.15, 0.2) is 11.5 Å². The van der Waals surface area contributed by atoms with Crippen molar-refractivity contribution in [2.45, 2.75) is 18.7 Å². The zero-order valence-corrected chi connectivity index (χ0v) is 20.7. The molecule has 4 rings (SSSR count). The summed E-state index contributed by atoms with van der Waals surface area (Å²) in [5.74, 6) is -0.116. The van der Waals surface area contributed by atoms with E-state index in [1.165, 1.54) is 12.1 Å². The first kappa shape index (κ1) is 25.1. The van der Waals surface area contributed by atoms with Crippen LogP contribution in [0.1, 0.15) is 22.8 Å². The molecule has 1 aliphatic heterocycles. The Labute approximate surface area is 209 Å². The second kappa shape index (κ2) is 10.7. The largest absolute Gasteiger partial charge is 0.486 e. The van der Waals surface area contributed by atoms with Gasteiger partial charge in [-0.15, -0.1) is 0 Å². The highest BCUT2D eigenvalue weighted by molar-refractivity contribution is 7.92. The fraction of sp³-hybridized carbons (Fsp3) is 0.231. The summed E-state index contributed by atoms with van der Waals surface area (Å²) >= 11 is 0. The zero-order valence-electron chi connectivity index (χ0n) is 19.9. The highest BCUT2D eigenvalue weighted by atomic mass is 32.2. The molecule has 0 spiro atoms. The van der Waals surface area contributed by atoms with Gasteiger partial charge in [0, 0.05) is 11.8 Å². The predicted molar refractivity (Wildman–Crippen MR) is 134 cm³/mol. The number of anilines is 2. The lowest BCUT2D eigenvalue weighted by atomic mass is 10.1. The van der Waals surface area contributed by atoms with Gasteiger partial charge in [-0.05, 0) is 61.9 Å². The maximum Gasteiger partial charge on any atom is 0.338 e. The molecule has 0 aliphatic carbocycles. The Kier molecular flexibility index (Phi) is 7.44. The lowest BCUT2D eigenvalue weighted by molar-refractivity contribution is -0.114. The number of carbonyl (C=O) groups is 2. The van der Waals surface area contributed by atoms with E-state index >= 15 is 0 Å². The molecular formula is C26H26N2O7S. The number of fused-ring (bicyclic) bond motifs is 1. The molecule has 0 bridgehead atoms. The van der Waals surface area contributed by atoms with Gasteiger partial charge in [-0.1, -0.05) is 18.2 Å². The van der Waals surface area contributed by atoms with Crippen LogP contribution in [0.2, 0.25) is 0 Å². The molecule has 1 amide bonds. The lowest BCUT2D eigenvalue weighted by Crippen LogP contribution is -2.38. The van der Waals surface area contributed by atoms with Crippen molar-refractivity contribution in [1.82, 2.24) is 0 Å². The number of ether oxygens (including phenoxy) is 3. The molecule has 0 aromatic heterocycles. The van der Waals surface area contributed by atoms with Crippen LogP contribution in [-0.2, 0) is 19.6 Å². The summed E-state index contributed by atoms with van der Waals surface area (Å²) in [7, 11) is -4.09. The highest BCUT2D eigenvalue weighted by Crippen LogP contribution is 2.35. The van der Waals surface area contributed by atoms with E-state index in [0.717, 1.165) is 4.31 Å². The molecule has 188 valence electrons. The van der Waals surface area contributed by atoms with Crippen molar-refractivity contribution >= 4 is 33.3 Å². The summed E-state index contributed by atoms with van der Waals surface area (Å²) < 4.78 is 44.3. The molecular weight excluding hydrogens is 484 g/mol. The standard InChI is InChI=1S/C26H26N2O7S/c1-3-33-26(30)19-9-11-22(18(2)15-19)27-25(29)17-28(36(31,32)21-7-5-4-6-8-21)20-10-12-23-24(16-20)35-14-13-34-23/h4-12,15-16H,3,13-14,17H2,1-2H3,(H,27,29). The van der Waals surface area contributed by atoms with Gasteiger partial charge >= 0.3 is 5.97 Å². The number of carbonyl (C=O) groups excluding carboxylic acids is 2. The van der Waals surface area contributed by atoms with Crippen molar-refractivity contribution in [1.29, 1.82) is 0 Å². The second-order valence-corrected chi connectivity index (χ2v) is 9.81. The lowest BCUT2D eigenvalue weighted by Gasteiger charge is -2.26. The Balaban J connectivity index is 1.62. The average molecular weight is 511 g/mol. The fourth-order valence-electron chi connectivity index (χ4n) is 3.69. The van der Waals surface area contributed by atoms with E-state index < -0.39 is 28.4 Å². The maximum absolute atomic E-state index is 13.6. The van der Waals surface area contributed by atoms with Gasteiger partial charge in [-0.3, -0.25) is 9.10 Å². The summed E-state index contributed by atoms with van der Waals surface area (Å²) in [6, 6.07) is 17.3. The molecule has 0 atom stereocenters. The summed E-state index contributed by atoms with van der Waals surface area (Å²) in [5.41, 5.74) is 1.70. The quantitative estimate of drug-likeness (QED) is 0.459. The molecule has 0 saturated carbocycles. The third-order valence-electron chi connectivity index (χ3n) is 5.44. The van der Waals surface area contributed by atoms with E-state index in [9.17, 15) is 18.0 Å². The van der Waals surface area contributed by atoms with Crippen LogP contribution in [0.3, 0.4) is 0 Å². The third kappa shape index (κ3) is 5.44. The Morgan fingerprint density at radius 1 is 0.972 bits per heavy atom. The van der Waals surface area contributed by atoms with Crippen LogP contribution in [-0.4, -0.2) is 46.7 Å². The van der Waals surface area contributed by atoms with E-state index in [1.54, 1.807) is 68.4 Å². The maximum atomic E-state index is 13.6. The van der Waals surface area contributed by atoms with E-state index in [1.807, 2.05) is 0 Å². The molecule has 1 heterocycles. The van der Waals surface area contributed by atoms with Crippen LogP contribution in [0, 0.1) is 6.92 Å². The third-order valence-corrected chi connectivity index (χ3v) is 7.23. The van der Waals surface area contributed by atoms with E-state index in [-0.39, 0.29) is 17.2 Å². The van der Waals surface area contributed by atoms with Crippen molar-refractivity contribution < 1.29 is 32.2 Å². The number of sulfonamides is 1. The van der Waals surface area contributed by atoms with Gasteiger partial charge in [0.05, 0.1) is 22.8 Å². The Hall–Kier alpha value is -4.05. The minimum atomic E-state index is -4.09. The monoisotopic (exact) mass is 510 g/mol. The van der Waals surface area contributed by atoms with Crippen molar-refractivity contribution in [2.75, 3.05) is 36.0 Å². The number of nitrogens with zero attached hydrogens (tertiary/aromatic N) is 1. The molecule has 0 radical (unpaired) electrons. The van der Waals surface area contributed by atoms with Gasteiger partial charge in [0.25, 0.3) is 10.0 Å². The SMILES string of the molecule is CCOC(=O)c1ccc(NC(=O)CN(c2ccc3c(c2)OCCO3)S(=O)(=O)c2ccccc2)c(C)c1. The van der Waals surface area contributed by atoms with Gasteiger partial charge in [-0.25, -0.2) is 13.2 Å². The first-order valence-corrected chi connectivity index (χ1v) is 12.8. The van der Waals surface area contributed by atoms with Crippen LogP contribution in [0.15, 0.2) is 71.6 Å². The Morgan fingerprint density at radius 3 is 2.39 bits per heavy atom. The molecule has 9 nitrogen and oxygen atoms in total. The normalized spacial score (nSPS) is 12.5. The number of amides is 1.